The molecule has 0 saturated heterocycles. The maximum absolute atomic E-state index is 5.52. The van der Waals surface area contributed by atoms with Crippen LogP contribution in [0.3, 0.4) is 0 Å². The number of rotatable bonds is 19. The van der Waals surface area contributed by atoms with Crippen LogP contribution in [0.5, 0.6) is 11.5 Å². The molecular formula is C51H72N2O2. The Bertz CT molecular complexity index is 1570. The minimum atomic E-state index is 0.701. The van der Waals surface area contributed by atoms with E-state index in [1.807, 2.05) is 38.1 Å². The van der Waals surface area contributed by atoms with Crippen molar-refractivity contribution in [3.63, 3.8) is 0 Å². The van der Waals surface area contributed by atoms with Crippen LogP contribution in [0.1, 0.15) is 148 Å². The molecule has 0 atom stereocenters. The Morgan fingerprint density at radius 2 is 0.818 bits per heavy atom. The van der Waals surface area contributed by atoms with E-state index in [4.69, 9.17) is 19.4 Å². The number of aryl methyl sites for hydroxylation is 2. The number of nitrogens with zero attached hydrogens (tertiary/aromatic N) is 2. The zero-order valence-electron chi connectivity index (χ0n) is 35.0. The molecule has 2 aliphatic carbocycles. The molecular weight excluding hydrogens is 673 g/mol. The predicted molar refractivity (Wildman–Crippen MR) is 233 cm³/mol. The van der Waals surface area contributed by atoms with E-state index in [2.05, 4.69) is 74.8 Å². The van der Waals surface area contributed by atoms with Crippen molar-refractivity contribution in [1.82, 2.24) is 9.97 Å². The first-order valence-electron chi connectivity index (χ1n) is 22.4. The second kappa shape index (κ2) is 24.1. The summed E-state index contributed by atoms with van der Waals surface area (Å²) in [6, 6.07) is 25.3. The minimum absolute atomic E-state index is 0.701. The van der Waals surface area contributed by atoms with Crippen molar-refractivity contribution in [2.45, 2.75) is 150 Å². The van der Waals surface area contributed by atoms with Gasteiger partial charge >= 0.3 is 0 Å². The van der Waals surface area contributed by atoms with Crippen LogP contribution in [-0.2, 0) is 12.8 Å². The Morgan fingerprint density at radius 3 is 1.16 bits per heavy atom. The second-order valence-electron chi connectivity index (χ2n) is 16.5. The highest BCUT2D eigenvalue weighted by atomic mass is 16.5. The Hall–Kier alpha value is -3.66. The molecule has 2 aromatic heterocycles. The first kappa shape index (κ1) is 42.5. The van der Waals surface area contributed by atoms with E-state index in [1.54, 1.807) is 0 Å². The molecule has 6 rings (SSSR count). The van der Waals surface area contributed by atoms with Crippen molar-refractivity contribution in [3.05, 3.63) is 96.3 Å². The van der Waals surface area contributed by atoms with Crippen LogP contribution in [0.2, 0.25) is 0 Å². The van der Waals surface area contributed by atoms with Crippen LogP contribution in [0.25, 0.3) is 22.5 Å². The molecule has 2 aliphatic rings. The van der Waals surface area contributed by atoms with Gasteiger partial charge in [0.1, 0.15) is 11.5 Å². The number of ether oxygens (including phenoxy) is 2. The van der Waals surface area contributed by atoms with Gasteiger partial charge in [0.15, 0.2) is 0 Å². The summed E-state index contributed by atoms with van der Waals surface area (Å²) in [5.74, 6) is 5.71. The topological polar surface area (TPSA) is 44.2 Å². The Labute approximate surface area is 335 Å². The second-order valence-corrected chi connectivity index (χ2v) is 16.5. The van der Waals surface area contributed by atoms with Gasteiger partial charge in [-0.3, -0.25) is 9.97 Å². The number of hydrogen-bond donors (Lipinski definition) is 0. The fraction of sp³-hybridized carbons (Fsp3) is 0.569. The molecule has 0 N–H and O–H groups in total. The van der Waals surface area contributed by atoms with Crippen LogP contribution < -0.4 is 9.47 Å². The third-order valence-corrected chi connectivity index (χ3v) is 12.4. The number of benzene rings is 2. The lowest BCUT2D eigenvalue weighted by Gasteiger charge is -2.28. The fourth-order valence-corrected chi connectivity index (χ4v) is 8.80. The van der Waals surface area contributed by atoms with Gasteiger partial charge in [-0.2, -0.15) is 0 Å². The van der Waals surface area contributed by atoms with E-state index in [-0.39, 0.29) is 0 Å². The molecule has 0 amide bonds. The summed E-state index contributed by atoms with van der Waals surface area (Å²) in [5.41, 5.74) is 7.13. The summed E-state index contributed by atoms with van der Waals surface area (Å²) < 4.78 is 11.0. The quantitative estimate of drug-likeness (QED) is 0.0897. The van der Waals surface area contributed by atoms with Crippen molar-refractivity contribution in [2.24, 2.45) is 23.7 Å². The SMILES string of the molecule is CCCCC1CCC(CCc2ccc(-c3ccc(OCC)cc3)nc2)CC1.CCCCCC1CCC(CCc2ccc(-c3ccc(OCC)cc3)nc2)CC1. The van der Waals surface area contributed by atoms with Crippen molar-refractivity contribution in [1.29, 1.82) is 0 Å². The Balaban J connectivity index is 0.000000211. The largest absolute Gasteiger partial charge is 0.494 e. The monoisotopic (exact) mass is 745 g/mol. The molecule has 0 spiro atoms. The molecule has 2 heterocycles. The summed E-state index contributed by atoms with van der Waals surface area (Å²) in [5, 5.41) is 0. The molecule has 0 aliphatic heterocycles. The van der Waals surface area contributed by atoms with Gasteiger partial charge in [-0.05, 0) is 135 Å². The summed E-state index contributed by atoms with van der Waals surface area (Å²) in [4.78, 5) is 9.39. The van der Waals surface area contributed by atoms with Crippen LogP contribution >= 0.6 is 0 Å². The predicted octanol–water partition coefficient (Wildman–Crippen LogP) is 14.5. The summed E-state index contributed by atoms with van der Waals surface area (Å²) in [6.45, 7) is 10.0. The molecule has 4 nitrogen and oxygen atoms in total. The third-order valence-electron chi connectivity index (χ3n) is 12.4. The van der Waals surface area contributed by atoms with E-state index < -0.39 is 0 Å². The van der Waals surface area contributed by atoms with Gasteiger partial charge in [-0.1, -0.05) is 122 Å². The molecule has 4 heteroatoms. The van der Waals surface area contributed by atoms with Crippen LogP contribution in [-0.4, -0.2) is 23.2 Å². The van der Waals surface area contributed by atoms with Crippen molar-refractivity contribution in [2.75, 3.05) is 13.2 Å². The molecule has 2 fully saturated rings. The van der Waals surface area contributed by atoms with Crippen molar-refractivity contribution in [3.8, 4) is 34.0 Å². The van der Waals surface area contributed by atoms with Crippen LogP contribution in [0, 0.1) is 23.7 Å². The molecule has 2 saturated carbocycles. The zero-order chi connectivity index (χ0) is 38.5. The standard InChI is InChI=1S/C26H37NO.C25H35NO/c1-3-5-6-7-21-8-10-22(11-9-21)12-13-23-14-19-26(27-20-23)24-15-17-25(18-16-24)28-4-2;1-3-5-6-20-7-9-21(10-8-20)11-12-22-13-18-25(26-19-22)23-14-16-24(17-15-23)27-4-2/h14-22H,3-13H2,1-2H3;13-21H,3-12H2,1-2H3. The van der Waals surface area contributed by atoms with Gasteiger partial charge < -0.3 is 9.47 Å². The summed E-state index contributed by atoms with van der Waals surface area (Å²) in [6.07, 6.45) is 30.6. The molecule has 55 heavy (non-hydrogen) atoms. The molecule has 0 bridgehead atoms. The third kappa shape index (κ3) is 14.7. The van der Waals surface area contributed by atoms with Crippen LogP contribution in [0.15, 0.2) is 85.2 Å². The lowest BCUT2D eigenvalue weighted by atomic mass is 9.78. The van der Waals surface area contributed by atoms with Crippen LogP contribution in [0.4, 0.5) is 0 Å². The average molecular weight is 745 g/mol. The Morgan fingerprint density at radius 1 is 0.436 bits per heavy atom. The van der Waals surface area contributed by atoms with Gasteiger partial charge in [0.2, 0.25) is 0 Å². The van der Waals surface area contributed by atoms with Crippen molar-refractivity contribution < 1.29 is 9.47 Å². The molecule has 0 unspecified atom stereocenters. The zero-order valence-corrected chi connectivity index (χ0v) is 35.0. The molecule has 2 aromatic carbocycles. The Kier molecular flexibility index (Phi) is 18.6. The summed E-state index contributed by atoms with van der Waals surface area (Å²) in [7, 11) is 0. The number of hydrogen-bond acceptors (Lipinski definition) is 4. The lowest BCUT2D eigenvalue weighted by molar-refractivity contribution is 0.249. The maximum atomic E-state index is 5.52. The normalized spacial score (nSPS) is 19.6. The average Bonchev–Trinajstić information content (AvgIpc) is 3.24. The minimum Gasteiger partial charge on any atom is -0.494 e. The van der Waals surface area contributed by atoms with E-state index in [9.17, 15) is 0 Å². The van der Waals surface area contributed by atoms with E-state index in [1.165, 1.54) is 133 Å². The van der Waals surface area contributed by atoms with E-state index in [0.717, 1.165) is 57.7 Å². The smallest absolute Gasteiger partial charge is 0.119 e. The molecule has 4 aromatic rings. The van der Waals surface area contributed by atoms with E-state index >= 15 is 0 Å². The maximum Gasteiger partial charge on any atom is 0.119 e. The number of pyridine rings is 2. The molecule has 298 valence electrons. The highest BCUT2D eigenvalue weighted by molar-refractivity contribution is 5.61. The highest BCUT2D eigenvalue weighted by Crippen LogP contribution is 2.35. The van der Waals surface area contributed by atoms with Gasteiger partial charge in [0, 0.05) is 23.5 Å². The highest BCUT2D eigenvalue weighted by Gasteiger charge is 2.22. The van der Waals surface area contributed by atoms with Gasteiger partial charge in [0.25, 0.3) is 0 Å². The van der Waals surface area contributed by atoms with Gasteiger partial charge in [0.05, 0.1) is 24.6 Å². The van der Waals surface area contributed by atoms with E-state index in [0.29, 0.717) is 13.2 Å². The number of unbranched alkanes of at least 4 members (excludes halogenated alkanes) is 3. The molecule has 0 radical (unpaired) electrons. The number of aromatic nitrogens is 2. The first-order valence-corrected chi connectivity index (χ1v) is 22.4. The summed E-state index contributed by atoms with van der Waals surface area (Å²) >= 11 is 0. The fourth-order valence-electron chi connectivity index (χ4n) is 8.80. The lowest BCUT2D eigenvalue weighted by Crippen LogP contribution is -2.15. The van der Waals surface area contributed by atoms with Gasteiger partial charge in [-0.25, -0.2) is 0 Å². The van der Waals surface area contributed by atoms with Crippen molar-refractivity contribution >= 4 is 0 Å². The van der Waals surface area contributed by atoms with Gasteiger partial charge in [-0.15, -0.1) is 0 Å². The first-order chi connectivity index (χ1) is 27.1.